The van der Waals surface area contributed by atoms with Crippen LogP contribution < -0.4 is 10.1 Å². The Balaban J connectivity index is 1.57. The number of carboxylic acid groups (broad SMARTS) is 1. The molecule has 2 heterocycles. The van der Waals surface area contributed by atoms with Crippen molar-refractivity contribution in [2.75, 3.05) is 12.4 Å². The smallest absolute Gasteiger partial charge is 0.334 e. The number of ketones is 1. The first-order valence-electron chi connectivity index (χ1n) is 7.15. The van der Waals surface area contributed by atoms with Crippen LogP contribution in [0, 0.1) is 0 Å². The third kappa shape index (κ3) is 2.94. The third-order valence-corrected chi connectivity index (χ3v) is 5.01. The van der Waals surface area contributed by atoms with Crippen molar-refractivity contribution >= 4 is 35.3 Å². The Bertz CT molecular complexity index is 694. The Labute approximate surface area is 141 Å². The summed E-state index contributed by atoms with van der Waals surface area (Å²) in [4.78, 5) is 47.9. The van der Waals surface area contributed by atoms with Crippen LogP contribution in [0.1, 0.15) is 0 Å². The van der Waals surface area contributed by atoms with Crippen LogP contribution in [-0.2, 0) is 19.2 Å². The Morgan fingerprint density at radius 1 is 1.29 bits per heavy atom. The summed E-state index contributed by atoms with van der Waals surface area (Å²) in [6.07, 6.45) is 0. The van der Waals surface area contributed by atoms with Crippen molar-refractivity contribution in [1.82, 2.24) is 10.2 Å². The van der Waals surface area contributed by atoms with Gasteiger partial charge in [0.25, 0.3) is 5.91 Å². The zero-order valence-corrected chi connectivity index (χ0v) is 13.2. The molecule has 1 aromatic carbocycles. The topological polar surface area (TPSA) is 113 Å². The van der Waals surface area contributed by atoms with Gasteiger partial charge in [-0.2, -0.15) is 0 Å². The number of ether oxygens (including phenoxy) is 1. The molecule has 3 atom stereocenters. The van der Waals surface area contributed by atoms with E-state index >= 15 is 0 Å². The van der Waals surface area contributed by atoms with Crippen LogP contribution in [0.3, 0.4) is 0 Å². The number of hydrogen-bond acceptors (Lipinski definition) is 6. The van der Waals surface area contributed by atoms with E-state index < -0.39 is 41.0 Å². The molecule has 2 amide bonds. The van der Waals surface area contributed by atoms with Crippen LogP contribution in [0.25, 0.3) is 0 Å². The van der Waals surface area contributed by atoms with E-state index in [1.54, 1.807) is 24.3 Å². The molecule has 0 bridgehead atoms. The number of benzene rings is 1. The Hall–Kier alpha value is -2.55. The Morgan fingerprint density at radius 3 is 2.67 bits per heavy atom. The minimum absolute atomic E-state index is 0.00169. The van der Waals surface area contributed by atoms with Gasteiger partial charge >= 0.3 is 5.97 Å². The van der Waals surface area contributed by atoms with Crippen LogP contribution in [0.2, 0.25) is 0 Å². The van der Waals surface area contributed by atoms with Gasteiger partial charge in [-0.15, -0.1) is 11.8 Å². The number of aliphatic carboxylic acids is 1. The number of amides is 2. The van der Waals surface area contributed by atoms with Crippen LogP contribution in [-0.4, -0.2) is 63.4 Å². The van der Waals surface area contributed by atoms with E-state index in [-0.39, 0.29) is 12.4 Å². The number of fused-ring (bicyclic) bond motifs is 1. The first-order chi connectivity index (χ1) is 11.5. The van der Waals surface area contributed by atoms with Crippen molar-refractivity contribution in [3.8, 4) is 5.75 Å². The summed E-state index contributed by atoms with van der Waals surface area (Å²) >= 11 is 1.15. The lowest BCUT2D eigenvalue weighted by Gasteiger charge is -2.51. The van der Waals surface area contributed by atoms with Gasteiger partial charge in [-0.25, -0.2) is 4.79 Å². The van der Waals surface area contributed by atoms with Crippen LogP contribution >= 0.6 is 11.8 Å². The molecule has 2 fully saturated rings. The first-order valence-corrected chi connectivity index (χ1v) is 8.20. The van der Waals surface area contributed by atoms with Crippen molar-refractivity contribution in [2.45, 2.75) is 17.5 Å². The third-order valence-electron chi connectivity index (χ3n) is 3.72. The van der Waals surface area contributed by atoms with Gasteiger partial charge in [0.15, 0.2) is 18.4 Å². The number of β-lactam (4-membered cyclic amide) rings is 1. The van der Waals surface area contributed by atoms with Gasteiger partial charge in [-0.05, 0) is 12.1 Å². The highest BCUT2D eigenvalue weighted by atomic mass is 32.2. The summed E-state index contributed by atoms with van der Waals surface area (Å²) in [6.45, 7) is -0.257. The minimum atomic E-state index is -1.46. The normalized spacial score (nSPS) is 25.5. The molecule has 2 N–H and O–H groups in total. The van der Waals surface area contributed by atoms with Crippen molar-refractivity contribution < 1.29 is 29.0 Å². The summed E-state index contributed by atoms with van der Waals surface area (Å²) in [5.41, 5.74) is 0. The first kappa shape index (κ1) is 16.3. The van der Waals surface area contributed by atoms with Crippen LogP contribution in [0.15, 0.2) is 30.3 Å². The fourth-order valence-electron chi connectivity index (χ4n) is 2.61. The maximum atomic E-state index is 12.1. The second-order valence-corrected chi connectivity index (χ2v) is 6.41. The molecule has 24 heavy (non-hydrogen) atoms. The van der Waals surface area contributed by atoms with Gasteiger partial charge in [0, 0.05) is 0 Å². The maximum absolute atomic E-state index is 12.1. The molecular weight excluding hydrogens is 336 g/mol. The lowest BCUT2D eigenvalue weighted by atomic mass is 10.0. The Morgan fingerprint density at radius 2 is 2.00 bits per heavy atom. The van der Waals surface area contributed by atoms with Crippen molar-refractivity contribution in [3.63, 3.8) is 0 Å². The predicted octanol–water partition coefficient (Wildman–Crippen LogP) is -0.512. The molecule has 0 saturated carbocycles. The average Bonchev–Trinajstić information content (AvgIpc) is 2.58. The van der Waals surface area contributed by atoms with E-state index in [0.29, 0.717) is 5.75 Å². The summed E-state index contributed by atoms with van der Waals surface area (Å²) in [5, 5.41) is 11.1. The predicted molar refractivity (Wildman–Crippen MR) is 83.4 cm³/mol. The van der Waals surface area contributed by atoms with Gasteiger partial charge in [-0.1, -0.05) is 18.2 Å². The molecule has 3 rings (SSSR count). The van der Waals surface area contributed by atoms with Gasteiger partial charge in [-0.3, -0.25) is 14.4 Å². The lowest BCUT2D eigenvalue weighted by Crippen LogP contribution is -2.76. The summed E-state index contributed by atoms with van der Waals surface area (Å²) in [7, 11) is 0. The van der Waals surface area contributed by atoms with Crippen molar-refractivity contribution in [1.29, 1.82) is 0 Å². The molecule has 1 unspecified atom stereocenters. The SMILES string of the molecule is O=C(COc1ccccc1)N[C@@H]1C(=O)N2C(C(=O)O)C(=O)CS[C@@H]12. The highest BCUT2D eigenvalue weighted by Crippen LogP contribution is 2.36. The molecule has 126 valence electrons. The van der Waals surface area contributed by atoms with E-state index in [2.05, 4.69) is 5.32 Å². The van der Waals surface area contributed by atoms with E-state index in [4.69, 9.17) is 9.84 Å². The van der Waals surface area contributed by atoms with Crippen molar-refractivity contribution in [3.05, 3.63) is 30.3 Å². The van der Waals surface area contributed by atoms with Crippen molar-refractivity contribution in [2.24, 2.45) is 0 Å². The highest BCUT2D eigenvalue weighted by Gasteiger charge is 2.57. The quantitative estimate of drug-likeness (QED) is 0.543. The standard InChI is InChI=1S/C15H14N2O6S/c18-9-7-24-14-11(13(20)17(14)12(9)15(21)22)16-10(19)6-23-8-4-2-1-3-5-8/h1-5,11-12,14H,6-7H2,(H,16,19)(H,21,22)/t11-,12?,14+/m1/s1. The number of thioether (sulfide) groups is 1. The van der Waals surface area contributed by atoms with Gasteiger partial charge in [0.2, 0.25) is 5.91 Å². The fourth-order valence-corrected chi connectivity index (χ4v) is 3.87. The maximum Gasteiger partial charge on any atom is 0.334 e. The van der Waals surface area contributed by atoms with Gasteiger partial charge < -0.3 is 20.1 Å². The molecule has 0 radical (unpaired) electrons. The number of carbonyl (C=O) groups is 4. The molecule has 9 heteroatoms. The lowest BCUT2D eigenvalue weighted by molar-refractivity contribution is -0.165. The molecule has 0 spiro atoms. The summed E-state index contributed by atoms with van der Waals surface area (Å²) in [6, 6.07) is 6.45. The number of nitrogens with one attached hydrogen (secondary N) is 1. The molecule has 2 saturated heterocycles. The van der Waals surface area contributed by atoms with Gasteiger partial charge in [0.05, 0.1) is 5.75 Å². The molecule has 8 nitrogen and oxygen atoms in total. The second-order valence-electron chi connectivity index (χ2n) is 5.30. The number of carbonyl (C=O) groups excluding carboxylic acids is 3. The second kappa shape index (κ2) is 6.52. The highest BCUT2D eigenvalue weighted by molar-refractivity contribution is 8.00. The van der Waals surface area contributed by atoms with E-state index in [1.165, 1.54) is 0 Å². The number of para-hydroxylation sites is 1. The zero-order valence-electron chi connectivity index (χ0n) is 12.4. The number of carboxylic acids is 1. The minimum Gasteiger partial charge on any atom is -0.484 e. The molecular formula is C15H14N2O6S. The Kier molecular flexibility index (Phi) is 4.43. The summed E-state index contributed by atoms with van der Waals surface area (Å²) < 4.78 is 5.29. The van der Waals surface area contributed by atoms with E-state index in [1.807, 2.05) is 6.07 Å². The molecule has 0 aliphatic carbocycles. The molecule has 2 aliphatic rings. The van der Waals surface area contributed by atoms with Gasteiger partial charge in [0.1, 0.15) is 17.2 Å². The fraction of sp³-hybridized carbons (Fsp3) is 0.333. The molecule has 0 aromatic heterocycles. The van der Waals surface area contributed by atoms with Crippen LogP contribution in [0.5, 0.6) is 5.75 Å². The molecule has 2 aliphatic heterocycles. The largest absolute Gasteiger partial charge is 0.484 e. The van der Waals surface area contributed by atoms with Crippen LogP contribution in [0.4, 0.5) is 0 Å². The summed E-state index contributed by atoms with van der Waals surface area (Å²) in [5.74, 6) is -2.40. The van der Waals surface area contributed by atoms with E-state index in [0.717, 1.165) is 16.7 Å². The zero-order chi connectivity index (χ0) is 17.3. The monoisotopic (exact) mass is 350 g/mol. The number of hydrogen-bond donors (Lipinski definition) is 2. The molecule has 1 aromatic rings. The number of nitrogens with zero attached hydrogens (tertiary/aromatic N) is 1. The number of Topliss-reactive ketones (excluding diaryl/α,β-unsaturated/α-hetero) is 1. The number of rotatable bonds is 5. The van der Waals surface area contributed by atoms with E-state index in [9.17, 15) is 19.2 Å². The average molecular weight is 350 g/mol.